The van der Waals surface area contributed by atoms with Gasteiger partial charge in [0, 0.05) is 6.42 Å². The fourth-order valence-electron chi connectivity index (χ4n) is 4.19. The lowest BCUT2D eigenvalue weighted by Gasteiger charge is -2.25. The second-order valence-electron chi connectivity index (χ2n) is 11.0. The molecule has 22 nitrogen and oxygen atoms in total. The van der Waals surface area contributed by atoms with Crippen molar-refractivity contribution in [2.45, 2.75) is 81.6 Å². The van der Waals surface area contributed by atoms with E-state index in [2.05, 4.69) is 31.9 Å². The Morgan fingerprint density at radius 3 is 1.63 bits per heavy atom. The average molecular weight is 750 g/mol. The van der Waals surface area contributed by atoms with Crippen molar-refractivity contribution >= 4 is 71.0 Å². The van der Waals surface area contributed by atoms with Crippen LogP contribution in [0.2, 0.25) is 0 Å². The van der Waals surface area contributed by atoms with Crippen LogP contribution in [-0.2, 0) is 47.9 Å². The van der Waals surface area contributed by atoms with Gasteiger partial charge in [-0.2, -0.15) is 11.8 Å². The van der Waals surface area contributed by atoms with Gasteiger partial charge in [0.25, 0.3) is 0 Å². The molecule has 0 saturated heterocycles. The van der Waals surface area contributed by atoms with Crippen molar-refractivity contribution in [3.05, 3.63) is 0 Å². The van der Waals surface area contributed by atoms with Crippen LogP contribution in [0.1, 0.15) is 51.4 Å². The lowest BCUT2D eigenvalue weighted by Crippen LogP contribution is -2.59. The molecule has 0 bridgehead atoms. The summed E-state index contributed by atoms with van der Waals surface area (Å²) in [5, 5.41) is 40.8. The van der Waals surface area contributed by atoms with Crippen molar-refractivity contribution in [2.75, 3.05) is 31.6 Å². The van der Waals surface area contributed by atoms with Gasteiger partial charge in [-0.3, -0.25) is 43.2 Å². The van der Waals surface area contributed by atoms with Gasteiger partial charge in [-0.1, -0.05) is 0 Å². The minimum absolute atomic E-state index is 0.0766. The summed E-state index contributed by atoms with van der Waals surface area (Å²) in [7, 11) is 0. The summed E-state index contributed by atoms with van der Waals surface area (Å²) < 4.78 is 0. The summed E-state index contributed by atoms with van der Waals surface area (Å²) in [4.78, 5) is 122. The van der Waals surface area contributed by atoms with Gasteiger partial charge < -0.3 is 64.4 Å². The maximum atomic E-state index is 13.3. The molecule has 7 amide bonds. The van der Waals surface area contributed by atoms with Crippen LogP contribution in [0.25, 0.3) is 0 Å². The molecule has 0 aromatic carbocycles. The highest BCUT2D eigenvalue weighted by Crippen LogP contribution is 2.06. The Labute approximate surface area is 296 Å². The van der Waals surface area contributed by atoms with E-state index in [4.69, 9.17) is 22.3 Å². The van der Waals surface area contributed by atoms with Gasteiger partial charge in [-0.15, -0.1) is 0 Å². The summed E-state index contributed by atoms with van der Waals surface area (Å²) in [6.07, 6.45) is -0.394. The van der Waals surface area contributed by atoms with E-state index in [9.17, 15) is 58.2 Å². The smallest absolute Gasteiger partial charge is 0.326 e. The number of amides is 7. The van der Waals surface area contributed by atoms with E-state index in [1.807, 2.05) is 0 Å². The van der Waals surface area contributed by atoms with Crippen molar-refractivity contribution in [1.29, 1.82) is 0 Å². The van der Waals surface area contributed by atoms with Crippen molar-refractivity contribution in [2.24, 2.45) is 17.2 Å². The predicted molar refractivity (Wildman–Crippen MR) is 178 cm³/mol. The number of aliphatic carboxylic acids is 3. The van der Waals surface area contributed by atoms with Crippen LogP contribution < -0.4 is 49.1 Å². The molecule has 5 atom stereocenters. The lowest BCUT2D eigenvalue weighted by atomic mass is 10.1. The number of hydrogen-bond acceptors (Lipinski definition) is 13. The van der Waals surface area contributed by atoms with Crippen molar-refractivity contribution in [3.63, 3.8) is 0 Å². The van der Waals surface area contributed by atoms with Gasteiger partial charge in [0.15, 0.2) is 0 Å². The van der Waals surface area contributed by atoms with Crippen LogP contribution in [0.5, 0.6) is 0 Å². The number of thioether (sulfide) groups is 1. The second-order valence-corrected chi connectivity index (χ2v) is 11.9. The molecule has 0 spiro atoms. The van der Waals surface area contributed by atoms with E-state index in [0.29, 0.717) is 12.2 Å². The van der Waals surface area contributed by atoms with E-state index in [1.54, 1.807) is 6.26 Å². The number of hydrogen-bond donors (Lipinski definition) is 12. The number of unbranched alkanes of at least 4 members (excludes halogenated alkanes) is 1. The second kappa shape index (κ2) is 25.0. The zero-order valence-corrected chi connectivity index (χ0v) is 28.8. The van der Waals surface area contributed by atoms with Gasteiger partial charge in [0.1, 0.15) is 30.2 Å². The highest BCUT2D eigenvalue weighted by molar-refractivity contribution is 7.98. The van der Waals surface area contributed by atoms with E-state index >= 15 is 0 Å². The van der Waals surface area contributed by atoms with E-state index in [0.717, 1.165) is 0 Å². The standard InChI is InChI=1S/C28H47N9O13S/c1-51-9-7-15(33-20(39)12-30)25(46)36-17(10-19(31)38)26(47)37-18(11-23(43)44)27(48)35-14(4-2-3-8-29)24(45)32-13-21(40)34-16(28(49)50)5-6-22(41)42/h14-18H,2-13,29-30H2,1H3,(H2,31,38)(H,32,45)(H,33,39)(H,34,40)(H,35,48)(H,36,46)(H,37,47)(H,41,42)(H,43,44)(H,49,50)/t14-,15-,16-,17-,18-/m0/s1. The fourth-order valence-corrected chi connectivity index (χ4v) is 4.66. The third-order valence-electron chi connectivity index (χ3n) is 6.78. The molecule has 15 N–H and O–H groups in total. The number of nitrogens with one attached hydrogen (secondary N) is 6. The summed E-state index contributed by atoms with van der Waals surface area (Å²) in [5.41, 5.74) is 16.1. The first kappa shape index (κ1) is 46.0. The summed E-state index contributed by atoms with van der Waals surface area (Å²) in [6, 6.07) is -7.76. The van der Waals surface area contributed by atoms with Crippen molar-refractivity contribution in [1.82, 2.24) is 31.9 Å². The number of carboxylic acid groups (broad SMARTS) is 3. The Kier molecular flexibility index (Phi) is 22.5. The molecule has 23 heteroatoms. The van der Waals surface area contributed by atoms with Crippen LogP contribution in [-0.4, -0.2) is 136 Å². The zero-order valence-electron chi connectivity index (χ0n) is 27.9. The molecular formula is C28H47N9O13S. The summed E-state index contributed by atoms with van der Waals surface area (Å²) in [5.74, 6) is -10.9. The van der Waals surface area contributed by atoms with Gasteiger partial charge in [0.2, 0.25) is 41.4 Å². The quantitative estimate of drug-likeness (QED) is 0.0349. The highest BCUT2D eigenvalue weighted by atomic mass is 32.2. The summed E-state index contributed by atoms with van der Waals surface area (Å²) in [6.45, 7) is -1.03. The molecule has 0 fully saturated rings. The molecular weight excluding hydrogens is 702 g/mol. The topological polar surface area (TPSA) is 382 Å². The van der Waals surface area contributed by atoms with E-state index < -0.39 is 128 Å². The molecule has 0 aromatic heterocycles. The number of carboxylic acids is 3. The molecule has 288 valence electrons. The molecule has 0 radical (unpaired) electrons. The molecule has 0 heterocycles. The molecule has 0 unspecified atom stereocenters. The zero-order chi connectivity index (χ0) is 39.1. The first-order chi connectivity index (χ1) is 23.9. The molecule has 0 aliphatic carbocycles. The number of rotatable bonds is 27. The van der Waals surface area contributed by atoms with Crippen LogP contribution in [0.3, 0.4) is 0 Å². The van der Waals surface area contributed by atoms with Crippen LogP contribution >= 0.6 is 11.8 Å². The predicted octanol–water partition coefficient (Wildman–Crippen LogP) is -5.33. The first-order valence-corrected chi connectivity index (χ1v) is 17.0. The lowest BCUT2D eigenvalue weighted by molar-refractivity contribution is -0.143. The van der Waals surface area contributed by atoms with E-state index in [1.165, 1.54) is 11.8 Å². The van der Waals surface area contributed by atoms with Gasteiger partial charge in [0.05, 0.1) is 25.9 Å². The minimum atomic E-state index is -1.87. The summed E-state index contributed by atoms with van der Waals surface area (Å²) >= 11 is 1.35. The number of nitrogens with two attached hydrogens (primary N) is 3. The highest BCUT2D eigenvalue weighted by Gasteiger charge is 2.33. The maximum Gasteiger partial charge on any atom is 0.326 e. The normalized spacial score (nSPS) is 13.5. The number of carbonyl (C=O) groups excluding carboxylic acids is 7. The average Bonchev–Trinajstić information content (AvgIpc) is 3.05. The van der Waals surface area contributed by atoms with Crippen LogP contribution in [0.4, 0.5) is 0 Å². The third-order valence-corrected chi connectivity index (χ3v) is 7.42. The maximum absolute atomic E-state index is 13.3. The van der Waals surface area contributed by atoms with Crippen LogP contribution in [0.15, 0.2) is 0 Å². The monoisotopic (exact) mass is 749 g/mol. The van der Waals surface area contributed by atoms with Gasteiger partial charge in [-0.05, 0) is 50.7 Å². The van der Waals surface area contributed by atoms with Gasteiger partial charge in [-0.25, -0.2) is 4.79 Å². The first-order valence-electron chi connectivity index (χ1n) is 15.6. The van der Waals surface area contributed by atoms with Crippen molar-refractivity contribution < 1.29 is 63.3 Å². The molecule has 0 saturated carbocycles. The SMILES string of the molecule is CSCC[C@H](NC(=O)CN)C(=O)N[C@@H](CC(N)=O)C(=O)N[C@@H](CC(=O)O)C(=O)N[C@@H](CCCCN)C(=O)NCC(=O)N[C@@H](CCC(=O)O)C(=O)O. The minimum Gasteiger partial charge on any atom is -0.481 e. The van der Waals surface area contributed by atoms with Crippen LogP contribution in [0, 0.1) is 0 Å². The Balaban J connectivity index is 5.94. The molecule has 0 aliphatic heterocycles. The fraction of sp³-hybridized carbons (Fsp3) is 0.643. The third kappa shape index (κ3) is 20.3. The molecule has 0 aromatic rings. The van der Waals surface area contributed by atoms with Gasteiger partial charge >= 0.3 is 17.9 Å². The largest absolute Gasteiger partial charge is 0.481 e. The molecule has 0 aliphatic rings. The Morgan fingerprint density at radius 2 is 1.14 bits per heavy atom. The molecule has 0 rings (SSSR count). The van der Waals surface area contributed by atoms with E-state index in [-0.39, 0.29) is 25.8 Å². The number of primary amides is 1. The molecule has 51 heavy (non-hydrogen) atoms. The Hall–Kier alpha value is -5.03. The van der Waals surface area contributed by atoms with Crippen molar-refractivity contribution in [3.8, 4) is 0 Å². The Morgan fingerprint density at radius 1 is 0.608 bits per heavy atom. The Bertz CT molecular complexity index is 1270. The number of carbonyl (C=O) groups is 10.